The maximum Gasteiger partial charge on any atom is 0.482 e. The molecule has 10 nitrogen and oxygen atoms in total. The lowest BCUT2D eigenvalue weighted by Crippen LogP contribution is -2.43. The van der Waals surface area contributed by atoms with Crippen LogP contribution in [0.15, 0.2) is 51.4 Å². The third-order valence-corrected chi connectivity index (χ3v) is 4.19. The molecule has 2 heterocycles. The molecule has 0 saturated carbocycles. The van der Waals surface area contributed by atoms with Gasteiger partial charge in [0.15, 0.2) is 17.2 Å². The van der Waals surface area contributed by atoms with E-state index in [0.717, 1.165) is 0 Å². The summed E-state index contributed by atoms with van der Waals surface area (Å²) in [6, 6.07) is 9.40. The number of ether oxygens (including phenoxy) is 3. The lowest BCUT2D eigenvalue weighted by atomic mass is 10.2. The second kappa shape index (κ2) is 7.89. The fraction of sp³-hybridized carbons (Fsp3) is 0.158. The van der Waals surface area contributed by atoms with Gasteiger partial charge < -0.3 is 30.2 Å². The van der Waals surface area contributed by atoms with Gasteiger partial charge in [-0.2, -0.15) is 13.8 Å². The average molecular weight is 430 g/mol. The lowest BCUT2D eigenvalue weighted by Gasteiger charge is -2.25. The molecule has 0 saturated heterocycles. The molecule has 160 valence electrons. The highest BCUT2D eigenvalue weighted by molar-refractivity contribution is 6.08. The van der Waals surface area contributed by atoms with Crippen LogP contribution in [0.3, 0.4) is 0 Å². The first-order chi connectivity index (χ1) is 14.9. The summed E-state index contributed by atoms with van der Waals surface area (Å²) in [5, 5.41) is 7.97. The molecule has 0 fully saturated rings. The average Bonchev–Trinajstić information content (AvgIpc) is 3.21. The maximum absolute atomic E-state index is 13.4. The van der Waals surface area contributed by atoms with Crippen LogP contribution in [0, 0.1) is 0 Å². The van der Waals surface area contributed by atoms with Crippen molar-refractivity contribution >= 4 is 41.6 Å². The molecular weight excluding hydrogens is 414 g/mol. The van der Waals surface area contributed by atoms with E-state index in [0.29, 0.717) is 22.9 Å². The molecule has 1 amide bonds. The van der Waals surface area contributed by atoms with Gasteiger partial charge in [0.25, 0.3) is 0 Å². The summed E-state index contributed by atoms with van der Waals surface area (Å²) in [4.78, 5) is 23.5. The molecule has 0 bridgehead atoms. The van der Waals surface area contributed by atoms with E-state index >= 15 is 0 Å². The van der Waals surface area contributed by atoms with Gasteiger partial charge in [-0.3, -0.25) is 9.79 Å². The number of fused-ring (bicyclic) bond motifs is 2. The van der Waals surface area contributed by atoms with Crippen LogP contribution < -0.4 is 30.2 Å². The third kappa shape index (κ3) is 4.22. The number of rotatable bonds is 2. The number of carbonyl (C=O) groups is 1. The first-order valence-electron chi connectivity index (χ1n) is 8.86. The van der Waals surface area contributed by atoms with Crippen LogP contribution in [0.25, 0.3) is 0 Å². The molecule has 0 aromatic heterocycles. The molecule has 3 N–H and O–H groups in total. The first-order valence-corrected chi connectivity index (χ1v) is 8.86. The second-order valence-corrected chi connectivity index (χ2v) is 6.24. The number of guanidine groups is 2. The first kappa shape index (κ1) is 20.1. The van der Waals surface area contributed by atoms with Crippen LogP contribution in [-0.2, 0) is 4.79 Å². The summed E-state index contributed by atoms with van der Waals surface area (Å²) in [6.45, 7) is 3.64. The Morgan fingerprint density at radius 3 is 2.48 bits per heavy atom. The Hall–Kier alpha value is -4.22. The predicted octanol–water partition coefficient (Wildman–Crippen LogP) is 2.91. The van der Waals surface area contributed by atoms with Crippen molar-refractivity contribution in [3.8, 4) is 17.2 Å². The number of amides is 1. The molecule has 12 heteroatoms. The zero-order valence-electron chi connectivity index (χ0n) is 16.1. The predicted molar refractivity (Wildman–Crippen MR) is 111 cm³/mol. The zero-order chi connectivity index (χ0) is 22.0. The van der Waals surface area contributed by atoms with Crippen LogP contribution in [-0.4, -0.2) is 44.5 Å². The van der Waals surface area contributed by atoms with E-state index in [1.165, 1.54) is 25.2 Å². The standard InChI is InChI=1S/C19H16F2N6O4/c1-22-17(24-10-3-5-13-12(7-10)26-16(28)19(20,21)31-13)27-18(23-2)25-11-4-6-14-15(8-11)30-9-29-14/h3-8H,2,9H2,1H3,(H,26,28)(H2,22,24,25,27). The van der Waals surface area contributed by atoms with E-state index in [2.05, 4.69) is 42.4 Å². The number of halogens is 2. The zero-order valence-corrected chi connectivity index (χ0v) is 16.1. The van der Waals surface area contributed by atoms with E-state index in [4.69, 9.17) is 9.47 Å². The number of benzene rings is 2. The summed E-state index contributed by atoms with van der Waals surface area (Å²) in [5.41, 5.74) is 1.14. The molecule has 2 aliphatic rings. The number of hydrogen-bond acceptors (Lipinski definition) is 5. The van der Waals surface area contributed by atoms with Crippen molar-refractivity contribution in [3.63, 3.8) is 0 Å². The van der Waals surface area contributed by atoms with Crippen LogP contribution in [0.4, 0.5) is 25.8 Å². The van der Waals surface area contributed by atoms with E-state index in [9.17, 15) is 13.6 Å². The number of anilines is 3. The van der Waals surface area contributed by atoms with Crippen LogP contribution in [0.2, 0.25) is 0 Å². The van der Waals surface area contributed by atoms with Crippen molar-refractivity contribution in [2.24, 2.45) is 15.0 Å². The van der Waals surface area contributed by atoms with E-state index in [-0.39, 0.29) is 30.1 Å². The smallest absolute Gasteiger partial charge is 0.454 e. The molecule has 2 aromatic rings. The molecule has 0 radical (unpaired) electrons. The summed E-state index contributed by atoms with van der Waals surface area (Å²) < 4.78 is 41.7. The largest absolute Gasteiger partial charge is 0.482 e. The third-order valence-electron chi connectivity index (χ3n) is 4.19. The van der Waals surface area contributed by atoms with Gasteiger partial charge in [0.05, 0.1) is 5.69 Å². The van der Waals surface area contributed by atoms with Gasteiger partial charge in [-0.15, -0.1) is 0 Å². The number of nitrogens with zero attached hydrogens (tertiary/aromatic N) is 3. The van der Waals surface area contributed by atoms with Crippen molar-refractivity contribution in [2.45, 2.75) is 6.11 Å². The maximum atomic E-state index is 13.4. The van der Waals surface area contributed by atoms with Crippen molar-refractivity contribution in [3.05, 3.63) is 36.4 Å². The van der Waals surface area contributed by atoms with Crippen molar-refractivity contribution in [1.29, 1.82) is 0 Å². The Morgan fingerprint density at radius 2 is 1.74 bits per heavy atom. The normalized spacial score (nSPS) is 16.7. The molecule has 0 atom stereocenters. The minimum absolute atomic E-state index is 0.0842. The molecule has 2 aromatic carbocycles. The number of nitrogens with one attached hydrogen (secondary N) is 3. The molecule has 0 spiro atoms. The van der Waals surface area contributed by atoms with Crippen molar-refractivity contribution < 1.29 is 27.8 Å². The topological polar surface area (TPSA) is 118 Å². The van der Waals surface area contributed by atoms with Crippen molar-refractivity contribution in [2.75, 3.05) is 29.8 Å². The van der Waals surface area contributed by atoms with E-state index in [1.54, 1.807) is 18.2 Å². The van der Waals surface area contributed by atoms with Gasteiger partial charge in [0.1, 0.15) is 0 Å². The number of aliphatic imine (C=N–C) groups is 3. The van der Waals surface area contributed by atoms with Gasteiger partial charge in [0, 0.05) is 24.5 Å². The fourth-order valence-corrected chi connectivity index (χ4v) is 2.74. The number of hydrogen-bond donors (Lipinski definition) is 3. The van der Waals surface area contributed by atoms with E-state index in [1.807, 2.05) is 0 Å². The molecule has 0 aliphatic carbocycles. The van der Waals surface area contributed by atoms with Gasteiger partial charge in [0.2, 0.25) is 18.7 Å². The van der Waals surface area contributed by atoms with Gasteiger partial charge in [-0.25, -0.2) is 4.99 Å². The summed E-state index contributed by atoms with van der Waals surface area (Å²) in [6.07, 6.45) is -3.92. The Bertz CT molecular complexity index is 1120. The molecule has 31 heavy (non-hydrogen) atoms. The fourth-order valence-electron chi connectivity index (χ4n) is 2.74. The molecule has 0 unspecified atom stereocenters. The van der Waals surface area contributed by atoms with Crippen molar-refractivity contribution in [1.82, 2.24) is 0 Å². The Morgan fingerprint density at radius 1 is 1.06 bits per heavy atom. The van der Waals surface area contributed by atoms with Crippen LogP contribution in [0.5, 0.6) is 17.2 Å². The van der Waals surface area contributed by atoms with E-state index < -0.39 is 12.0 Å². The van der Waals surface area contributed by atoms with Gasteiger partial charge in [-0.05, 0) is 37.0 Å². The lowest BCUT2D eigenvalue weighted by molar-refractivity contribution is -0.189. The monoisotopic (exact) mass is 430 g/mol. The Labute approximate surface area is 174 Å². The second-order valence-electron chi connectivity index (χ2n) is 6.24. The summed E-state index contributed by atoms with van der Waals surface area (Å²) in [5.74, 6) is -0.212. The van der Waals surface area contributed by atoms with Gasteiger partial charge >= 0.3 is 12.0 Å². The minimum atomic E-state index is -3.92. The van der Waals surface area contributed by atoms with Crippen LogP contribution in [0.1, 0.15) is 0 Å². The molecule has 4 rings (SSSR count). The highest BCUT2D eigenvalue weighted by atomic mass is 19.3. The molecule has 2 aliphatic heterocycles. The highest BCUT2D eigenvalue weighted by Gasteiger charge is 2.46. The minimum Gasteiger partial charge on any atom is -0.454 e. The Kier molecular flexibility index (Phi) is 5.11. The number of carbonyl (C=O) groups excluding carboxylic acids is 1. The summed E-state index contributed by atoms with van der Waals surface area (Å²) in [7, 11) is 1.50. The molecular formula is C19H16F2N6O4. The van der Waals surface area contributed by atoms with Crippen LogP contribution >= 0.6 is 0 Å². The summed E-state index contributed by atoms with van der Waals surface area (Å²) >= 11 is 0. The Balaban J connectivity index is 1.50. The van der Waals surface area contributed by atoms with Gasteiger partial charge in [-0.1, -0.05) is 0 Å². The SMILES string of the molecule is C=NC(=NC(=NC)Nc1ccc2c(c1)NC(=O)C(F)(F)O2)Nc1ccc2c(c1)OCO2. The number of alkyl halides is 2. The highest BCUT2D eigenvalue weighted by Crippen LogP contribution is 2.37. The quantitative estimate of drug-likeness (QED) is 0.498.